The molecule has 10 heteroatoms. The number of rotatable bonds is 6. The maximum atomic E-state index is 12.6. The smallest absolute Gasteiger partial charge is 0.359 e. The van der Waals surface area contributed by atoms with Gasteiger partial charge in [0.2, 0.25) is 0 Å². The van der Waals surface area contributed by atoms with Gasteiger partial charge in [-0.1, -0.05) is 25.1 Å². The van der Waals surface area contributed by atoms with Crippen LogP contribution in [0.4, 0.5) is 0 Å². The van der Waals surface area contributed by atoms with Crippen molar-refractivity contribution in [1.82, 2.24) is 15.1 Å². The van der Waals surface area contributed by atoms with Crippen LogP contribution in [0, 0.1) is 0 Å². The molecule has 0 radical (unpaired) electrons. The minimum atomic E-state index is -3.14. The fourth-order valence-corrected chi connectivity index (χ4v) is 5.05. The zero-order valence-electron chi connectivity index (χ0n) is 15.4. The summed E-state index contributed by atoms with van der Waals surface area (Å²) in [5.74, 6) is -1.31. The molecule has 0 bridgehead atoms. The summed E-state index contributed by atoms with van der Waals surface area (Å²) in [7, 11) is -3.14. The van der Waals surface area contributed by atoms with Crippen molar-refractivity contribution in [3.63, 3.8) is 0 Å². The number of benzene rings is 1. The molecule has 1 N–H and O–H groups in total. The summed E-state index contributed by atoms with van der Waals surface area (Å²) in [6.45, 7) is 1.74. The molecule has 1 fully saturated rings. The number of fused-ring (bicyclic) bond motifs is 1. The van der Waals surface area contributed by atoms with E-state index in [0.717, 1.165) is 0 Å². The van der Waals surface area contributed by atoms with Gasteiger partial charge in [0.25, 0.3) is 11.5 Å². The van der Waals surface area contributed by atoms with Gasteiger partial charge in [-0.2, -0.15) is 5.10 Å². The number of aromatic amines is 1. The van der Waals surface area contributed by atoms with Crippen molar-refractivity contribution >= 4 is 32.5 Å². The maximum Gasteiger partial charge on any atom is 0.359 e. The first-order valence-electron chi connectivity index (χ1n) is 8.97. The molecular formula is C18H21N3O6S. The molecule has 1 amide bonds. The van der Waals surface area contributed by atoms with E-state index in [-0.39, 0.29) is 17.2 Å². The van der Waals surface area contributed by atoms with E-state index in [4.69, 9.17) is 4.74 Å². The second kappa shape index (κ2) is 8.09. The minimum Gasteiger partial charge on any atom is -0.451 e. The fourth-order valence-electron chi connectivity index (χ4n) is 3.32. The number of nitrogens with one attached hydrogen (secondary N) is 1. The highest BCUT2D eigenvalue weighted by Gasteiger charge is 2.34. The van der Waals surface area contributed by atoms with Gasteiger partial charge < -0.3 is 9.64 Å². The molecule has 2 heterocycles. The Kier molecular flexibility index (Phi) is 5.78. The quantitative estimate of drug-likeness (QED) is 0.691. The Labute approximate surface area is 161 Å². The molecule has 1 aromatic heterocycles. The van der Waals surface area contributed by atoms with Gasteiger partial charge in [0.05, 0.1) is 16.9 Å². The molecule has 9 nitrogen and oxygen atoms in total. The number of hydrogen-bond acceptors (Lipinski definition) is 7. The van der Waals surface area contributed by atoms with Gasteiger partial charge in [-0.05, 0) is 18.9 Å². The van der Waals surface area contributed by atoms with Crippen LogP contribution in [0.25, 0.3) is 10.8 Å². The van der Waals surface area contributed by atoms with E-state index in [0.29, 0.717) is 30.2 Å². The second-order valence-corrected chi connectivity index (χ2v) is 8.90. The SMILES string of the molecule is CCCN(C(=O)COC(=O)c1n[nH]c(=O)c2ccccc12)C1CCS(=O)(=O)C1. The Morgan fingerprint density at radius 3 is 2.64 bits per heavy atom. The molecule has 1 aliphatic heterocycles. The van der Waals surface area contributed by atoms with Crippen LogP contribution in [0.15, 0.2) is 29.1 Å². The normalized spacial score (nSPS) is 18.1. The summed E-state index contributed by atoms with van der Waals surface area (Å²) in [5, 5.41) is 6.61. The van der Waals surface area contributed by atoms with Crippen LogP contribution >= 0.6 is 0 Å². The highest BCUT2D eigenvalue weighted by atomic mass is 32.2. The van der Waals surface area contributed by atoms with Crippen molar-refractivity contribution in [1.29, 1.82) is 0 Å². The molecule has 1 atom stereocenters. The van der Waals surface area contributed by atoms with Crippen molar-refractivity contribution in [3.8, 4) is 0 Å². The predicted octanol–water partition coefficient (Wildman–Crippen LogP) is 0.506. The first-order chi connectivity index (χ1) is 13.3. The largest absolute Gasteiger partial charge is 0.451 e. The second-order valence-electron chi connectivity index (χ2n) is 6.67. The first kappa shape index (κ1) is 20.0. The van der Waals surface area contributed by atoms with Crippen molar-refractivity contribution < 1.29 is 22.7 Å². The molecule has 1 unspecified atom stereocenters. The number of nitrogens with zero attached hydrogens (tertiary/aromatic N) is 2. The van der Waals surface area contributed by atoms with E-state index in [9.17, 15) is 22.8 Å². The van der Waals surface area contributed by atoms with Gasteiger partial charge in [0.15, 0.2) is 22.1 Å². The van der Waals surface area contributed by atoms with E-state index in [2.05, 4.69) is 10.2 Å². The Morgan fingerprint density at radius 1 is 1.29 bits per heavy atom. The first-order valence-corrected chi connectivity index (χ1v) is 10.8. The topological polar surface area (TPSA) is 126 Å². The molecule has 0 spiro atoms. The van der Waals surface area contributed by atoms with Gasteiger partial charge in [-0.25, -0.2) is 18.3 Å². The molecule has 150 valence electrons. The lowest BCUT2D eigenvalue weighted by atomic mass is 10.1. The van der Waals surface area contributed by atoms with Gasteiger partial charge in [0, 0.05) is 18.0 Å². The summed E-state index contributed by atoms with van der Waals surface area (Å²) in [6, 6.07) is 6.05. The van der Waals surface area contributed by atoms with Crippen LogP contribution in [0.1, 0.15) is 30.3 Å². The van der Waals surface area contributed by atoms with Crippen LogP contribution in [0.2, 0.25) is 0 Å². The Balaban J connectivity index is 1.72. The van der Waals surface area contributed by atoms with Crippen LogP contribution in [-0.4, -0.2) is 66.1 Å². The average molecular weight is 407 g/mol. The number of aromatic nitrogens is 2. The Bertz CT molecular complexity index is 1060. The van der Waals surface area contributed by atoms with Crippen LogP contribution in [0.5, 0.6) is 0 Å². The van der Waals surface area contributed by atoms with E-state index in [1.165, 1.54) is 4.90 Å². The highest BCUT2D eigenvalue weighted by molar-refractivity contribution is 7.91. The molecule has 1 aromatic carbocycles. The number of amides is 1. The molecule has 28 heavy (non-hydrogen) atoms. The zero-order valence-corrected chi connectivity index (χ0v) is 16.2. The number of sulfone groups is 1. The number of esters is 1. The third kappa shape index (κ3) is 4.22. The van der Waals surface area contributed by atoms with Crippen molar-refractivity contribution in [2.45, 2.75) is 25.8 Å². The number of ether oxygens (including phenoxy) is 1. The highest BCUT2D eigenvalue weighted by Crippen LogP contribution is 2.19. The van der Waals surface area contributed by atoms with Crippen LogP contribution in [0.3, 0.4) is 0 Å². The summed E-state index contributed by atoms with van der Waals surface area (Å²) < 4.78 is 28.5. The number of carbonyl (C=O) groups excluding carboxylic acids is 2. The van der Waals surface area contributed by atoms with Gasteiger partial charge >= 0.3 is 5.97 Å². The monoisotopic (exact) mass is 407 g/mol. The maximum absolute atomic E-state index is 12.6. The van der Waals surface area contributed by atoms with Gasteiger partial charge in [0.1, 0.15) is 0 Å². The van der Waals surface area contributed by atoms with E-state index < -0.39 is 39.9 Å². The average Bonchev–Trinajstić information content (AvgIpc) is 3.04. The van der Waals surface area contributed by atoms with E-state index in [1.807, 2.05) is 6.92 Å². The molecule has 1 aliphatic rings. The minimum absolute atomic E-state index is 0.0538. The van der Waals surface area contributed by atoms with Crippen LogP contribution < -0.4 is 5.56 Å². The molecular weight excluding hydrogens is 386 g/mol. The number of H-pyrrole nitrogens is 1. The van der Waals surface area contributed by atoms with Gasteiger partial charge in [-0.3, -0.25) is 9.59 Å². The molecule has 3 rings (SSSR count). The Hall–Kier alpha value is -2.75. The third-order valence-corrected chi connectivity index (χ3v) is 6.40. The van der Waals surface area contributed by atoms with Gasteiger partial charge in [-0.15, -0.1) is 0 Å². The lowest BCUT2D eigenvalue weighted by molar-refractivity contribution is -0.136. The van der Waals surface area contributed by atoms with E-state index >= 15 is 0 Å². The zero-order chi connectivity index (χ0) is 20.3. The lowest BCUT2D eigenvalue weighted by Crippen LogP contribution is -2.43. The lowest BCUT2D eigenvalue weighted by Gasteiger charge is -2.27. The molecule has 0 saturated carbocycles. The summed E-state index contributed by atoms with van der Waals surface area (Å²) >= 11 is 0. The van der Waals surface area contributed by atoms with Crippen molar-refractivity contribution in [2.24, 2.45) is 0 Å². The van der Waals surface area contributed by atoms with E-state index in [1.54, 1.807) is 24.3 Å². The Morgan fingerprint density at radius 2 is 2.00 bits per heavy atom. The number of carbonyl (C=O) groups is 2. The fraction of sp³-hybridized carbons (Fsp3) is 0.444. The molecule has 0 aliphatic carbocycles. The third-order valence-electron chi connectivity index (χ3n) is 4.65. The number of hydrogen-bond donors (Lipinski definition) is 1. The summed E-state index contributed by atoms with van der Waals surface area (Å²) in [4.78, 5) is 38.2. The molecule has 2 aromatic rings. The molecule has 1 saturated heterocycles. The summed E-state index contributed by atoms with van der Waals surface area (Å²) in [6.07, 6.45) is 1.04. The van der Waals surface area contributed by atoms with Crippen LogP contribution in [-0.2, 0) is 19.4 Å². The predicted molar refractivity (Wildman–Crippen MR) is 102 cm³/mol. The summed E-state index contributed by atoms with van der Waals surface area (Å²) in [5.41, 5.74) is -0.520. The van der Waals surface area contributed by atoms with Crippen molar-refractivity contribution in [2.75, 3.05) is 24.7 Å². The van der Waals surface area contributed by atoms with Crippen molar-refractivity contribution in [3.05, 3.63) is 40.3 Å². The standard InChI is InChI=1S/C18H21N3O6S/c1-2-8-21(12-7-9-28(25,26)11-12)15(22)10-27-18(24)16-13-5-3-4-6-14(13)17(23)20-19-16/h3-6,12H,2,7-11H2,1H3,(H,20,23).